The molecule has 0 bridgehead atoms. The van der Waals surface area contributed by atoms with Crippen LogP contribution in [0.15, 0.2) is 47.4 Å². The highest BCUT2D eigenvalue weighted by molar-refractivity contribution is 8.00. The fourth-order valence-electron chi connectivity index (χ4n) is 1.80. The van der Waals surface area contributed by atoms with Gasteiger partial charge in [0.15, 0.2) is 11.6 Å². The van der Waals surface area contributed by atoms with E-state index >= 15 is 0 Å². The van der Waals surface area contributed by atoms with Crippen LogP contribution in [0.3, 0.4) is 0 Å². The Kier molecular flexibility index (Phi) is 5.80. The van der Waals surface area contributed by atoms with E-state index in [2.05, 4.69) is 5.32 Å². The number of carbonyl (C=O) groups excluding carboxylic acids is 1. The Bertz CT molecular complexity index is 664. The summed E-state index contributed by atoms with van der Waals surface area (Å²) < 4.78 is 26.0. The highest BCUT2D eigenvalue weighted by Crippen LogP contribution is 2.27. The van der Waals surface area contributed by atoms with Crippen LogP contribution in [0.4, 0.5) is 14.5 Å². The molecule has 0 aliphatic rings. The van der Waals surface area contributed by atoms with E-state index in [9.17, 15) is 13.6 Å². The van der Waals surface area contributed by atoms with Gasteiger partial charge >= 0.3 is 0 Å². The number of benzene rings is 2. The van der Waals surface area contributed by atoms with Gasteiger partial charge in [0.05, 0.1) is 5.25 Å². The Morgan fingerprint density at radius 3 is 2.45 bits per heavy atom. The summed E-state index contributed by atoms with van der Waals surface area (Å²) in [5.74, 6) is -2.19. The Balaban J connectivity index is 2.04. The molecule has 0 aromatic heterocycles. The minimum absolute atomic E-state index is 0.235. The molecule has 6 heteroatoms. The molecule has 22 heavy (non-hydrogen) atoms. The minimum atomic E-state index is -0.990. The molecule has 0 unspecified atom stereocenters. The molecule has 0 heterocycles. The highest BCUT2D eigenvalue weighted by atomic mass is 35.5. The monoisotopic (exact) mass is 341 g/mol. The Morgan fingerprint density at radius 1 is 1.18 bits per heavy atom. The maximum Gasteiger partial charge on any atom is 0.237 e. The third kappa shape index (κ3) is 4.45. The van der Waals surface area contributed by atoms with Crippen LogP contribution in [-0.4, -0.2) is 11.2 Å². The third-order valence-corrected chi connectivity index (χ3v) is 4.57. The van der Waals surface area contributed by atoms with Crippen LogP contribution in [0.5, 0.6) is 0 Å². The molecule has 1 amide bonds. The van der Waals surface area contributed by atoms with Crippen molar-refractivity contribution in [1.29, 1.82) is 0 Å². The maximum atomic E-state index is 13.2. The molecular formula is C16H14ClF2NOS. The summed E-state index contributed by atoms with van der Waals surface area (Å²) >= 11 is 7.22. The first-order valence-electron chi connectivity index (χ1n) is 6.67. The Hall–Kier alpha value is -1.59. The predicted octanol–water partition coefficient (Wildman–Crippen LogP) is 5.13. The number of hydrogen-bond acceptors (Lipinski definition) is 2. The summed E-state index contributed by atoms with van der Waals surface area (Å²) in [5, 5.41) is 2.89. The molecule has 2 nitrogen and oxygen atoms in total. The highest BCUT2D eigenvalue weighted by Gasteiger charge is 2.18. The van der Waals surface area contributed by atoms with Gasteiger partial charge in [-0.1, -0.05) is 18.5 Å². The van der Waals surface area contributed by atoms with E-state index in [1.807, 2.05) is 19.1 Å². The van der Waals surface area contributed by atoms with Crippen LogP contribution >= 0.6 is 23.4 Å². The van der Waals surface area contributed by atoms with Crippen LogP contribution in [0.25, 0.3) is 0 Å². The summed E-state index contributed by atoms with van der Waals surface area (Å²) in [7, 11) is 0. The quantitative estimate of drug-likeness (QED) is 0.764. The van der Waals surface area contributed by atoms with Crippen LogP contribution in [0.1, 0.15) is 13.3 Å². The van der Waals surface area contributed by atoms with Crippen LogP contribution < -0.4 is 5.32 Å². The summed E-state index contributed by atoms with van der Waals surface area (Å²) in [6.45, 7) is 1.89. The molecule has 0 saturated carbocycles. The van der Waals surface area contributed by atoms with Gasteiger partial charge < -0.3 is 5.32 Å². The number of hydrogen-bond donors (Lipinski definition) is 1. The van der Waals surface area contributed by atoms with E-state index < -0.39 is 11.6 Å². The lowest BCUT2D eigenvalue weighted by Gasteiger charge is -2.15. The summed E-state index contributed by atoms with van der Waals surface area (Å²) in [4.78, 5) is 13.2. The number of thioether (sulfide) groups is 1. The van der Waals surface area contributed by atoms with Crippen molar-refractivity contribution in [3.05, 3.63) is 59.1 Å². The van der Waals surface area contributed by atoms with E-state index in [1.54, 1.807) is 12.1 Å². The fourth-order valence-corrected chi connectivity index (χ4v) is 2.88. The zero-order valence-electron chi connectivity index (χ0n) is 11.8. The largest absolute Gasteiger partial charge is 0.325 e. The minimum Gasteiger partial charge on any atom is -0.325 e. The van der Waals surface area contributed by atoms with Crippen molar-refractivity contribution in [2.75, 3.05) is 5.32 Å². The van der Waals surface area contributed by atoms with E-state index in [0.717, 1.165) is 17.0 Å². The van der Waals surface area contributed by atoms with Crippen LogP contribution in [0, 0.1) is 11.6 Å². The second-order valence-electron chi connectivity index (χ2n) is 4.59. The maximum absolute atomic E-state index is 13.2. The number of halogens is 3. The smallest absolute Gasteiger partial charge is 0.237 e. The standard InChI is InChI=1S/C16H14ClF2NOS/c1-2-15(22-12-6-3-10(17)4-7-12)16(21)20-11-5-8-13(18)14(19)9-11/h3-9,15H,2H2,1H3,(H,20,21)/t15-/m1/s1. The molecule has 116 valence electrons. The first-order chi connectivity index (χ1) is 10.5. The molecule has 0 radical (unpaired) electrons. The first-order valence-corrected chi connectivity index (χ1v) is 7.93. The van der Waals surface area contributed by atoms with Crippen molar-refractivity contribution >= 4 is 35.0 Å². The van der Waals surface area contributed by atoms with Gasteiger partial charge in [-0.3, -0.25) is 4.79 Å². The molecule has 2 aromatic carbocycles. The number of nitrogens with one attached hydrogen (secondary N) is 1. The summed E-state index contributed by atoms with van der Waals surface area (Å²) in [6.07, 6.45) is 0.600. The summed E-state index contributed by atoms with van der Waals surface area (Å²) in [5.41, 5.74) is 0.235. The van der Waals surface area contributed by atoms with E-state index in [4.69, 9.17) is 11.6 Å². The predicted molar refractivity (Wildman–Crippen MR) is 86.4 cm³/mol. The van der Waals surface area contributed by atoms with Crippen molar-refractivity contribution in [3.8, 4) is 0 Å². The molecule has 0 fully saturated rings. The van der Waals surface area contributed by atoms with Crippen LogP contribution in [0.2, 0.25) is 5.02 Å². The molecule has 2 aromatic rings. The van der Waals surface area contributed by atoms with Gasteiger partial charge in [0, 0.05) is 21.7 Å². The van der Waals surface area contributed by atoms with Crippen molar-refractivity contribution in [2.45, 2.75) is 23.5 Å². The molecule has 1 atom stereocenters. The van der Waals surface area contributed by atoms with E-state index in [1.165, 1.54) is 17.8 Å². The van der Waals surface area contributed by atoms with Gasteiger partial charge in [0.2, 0.25) is 5.91 Å². The lowest BCUT2D eigenvalue weighted by Crippen LogP contribution is -2.24. The average Bonchev–Trinajstić information content (AvgIpc) is 2.50. The van der Waals surface area contributed by atoms with Gasteiger partial charge in [-0.25, -0.2) is 8.78 Å². The molecule has 0 spiro atoms. The van der Waals surface area contributed by atoms with Crippen LogP contribution in [-0.2, 0) is 4.79 Å². The van der Waals surface area contributed by atoms with Gasteiger partial charge in [0.25, 0.3) is 0 Å². The second-order valence-corrected chi connectivity index (χ2v) is 6.30. The van der Waals surface area contributed by atoms with Gasteiger partial charge in [-0.15, -0.1) is 11.8 Å². The van der Waals surface area contributed by atoms with Crippen molar-refractivity contribution in [3.63, 3.8) is 0 Å². The Labute approximate surface area is 136 Å². The van der Waals surface area contributed by atoms with E-state index in [0.29, 0.717) is 11.4 Å². The molecular weight excluding hydrogens is 328 g/mol. The van der Waals surface area contributed by atoms with E-state index in [-0.39, 0.29) is 16.8 Å². The normalized spacial score (nSPS) is 12.0. The molecule has 0 saturated heterocycles. The first kappa shape index (κ1) is 16.8. The number of amides is 1. The molecule has 0 aliphatic carbocycles. The topological polar surface area (TPSA) is 29.1 Å². The number of rotatable bonds is 5. The van der Waals surface area contributed by atoms with Crippen molar-refractivity contribution < 1.29 is 13.6 Å². The lowest BCUT2D eigenvalue weighted by molar-refractivity contribution is -0.115. The van der Waals surface area contributed by atoms with Crippen molar-refractivity contribution in [2.24, 2.45) is 0 Å². The number of carbonyl (C=O) groups is 1. The fraction of sp³-hybridized carbons (Fsp3) is 0.188. The lowest BCUT2D eigenvalue weighted by atomic mass is 10.2. The van der Waals surface area contributed by atoms with Gasteiger partial charge in [0.1, 0.15) is 0 Å². The van der Waals surface area contributed by atoms with Gasteiger partial charge in [-0.2, -0.15) is 0 Å². The number of anilines is 1. The third-order valence-electron chi connectivity index (χ3n) is 2.94. The van der Waals surface area contributed by atoms with Crippen molar-refractivity contribution in [1.82, 2.24) is 0 Å². The molecule has 2 rings (SSSR count). The second kappa shape index (κ2) is 7.61. The molecule has 0 aliphatic heterocycles. The average molecular weight is 342 g/mol. The zero-order valence-corrected chi connectivity index (χ0v) is 13.3. The molecule has 1 N–H and O–H groups in total. The SMILES string of the molecule is CC[C@@H](Sc1ccc(Cl)cc1)C(=O)Nc1ccc(F)c(F)c1. The van der Waals surface area contributed by atoms with Gasteiger partial charge in [-0.05, 0) is 42.8 Å². The zero-order chi connectivity index (χ0) is 16.1. The summed E-state index contributed by atoms with van der Waals surface area (Å²) in [6, 6.07) is 10.5. The Morgan fingerprint density at radius 2 is 1.86 bits per heavy atom.